The van der Waals surface area contributed by atoms with Crippen molar-refractivity contribution < 1.29 is 9.53 Å². The zero-order valence-electron chi connectivity index (χ0n) is 12.9. The molecule has 2 aromatic rings. The van der Waals surface area contributed by atoms with E-state index >= 15 is 0 Å². The number of hydrogen-bond acceptors (Lipinski definition) is 3. The molecule has 0 unspecified atom stereocenters. The van der Waals surface area contributed by atoms with Gasteiger partial charge in [-0.25, -0.2) is 0 Å². The van der Waals surface area contributed by atoms with Crippen molar-refractivity contribution in [1.82, 2.24) is 5.32 Å². The smallest absolute Gasteiger partial charge is 0.260 e. The van der Waals surface area contributed by atoms with Crippen molar-refractivity contribution in [2.24, 2.45) is 0 Å². The van der Waals surface area contributed by atoms with Gasteiger partial charge in [0.25, 0.3) is 5.91 Å². The Balaban J connectivity index is 1.71. The molecule has 0 aromatic heterocycles. The third-order valence-electron chi connectivity index (χ3n) is 3.18. The minimum atomic E-state index is -0.497. The summed E-state index contributed by atoms with van der Waals surface area (Å²) in [6, 6.07) is 17.9. The monoisotopic (exact) mass is 315 g/mol. The predicted molar refractivity (Wildman–Crippen MR) is 91.4 cm³/mol. The number of amides is 1. The average Bonchev–Trinajstić information content (AvgIpc) is 2.54. The van der Waals surface area contributed by atoms with Crippen molar-refractivity contribution in [2.75, 3.05) is 12.3 Å². The van der Waals surface area contributed by atoms with Gasteiger partial charge < -0.3 is 10.1 Å². The van der Waals surface area contributed by atoms with Crippen LogP contribution in [-0.4, -0.2) is 24.3 Å². The Kier molecular flexibility index (Phi) is 6.34. The fraction of sp³-hybridized carbons (Fsp3) is 0.278. The van der Waals surface area contributed by atoms with Crippen LogP contribution in [0, 0.1) is 6.92 Å². The lowest BCUT2D eigenvalue weighted by Gasteiger charge is -2.16. The largest absolute Gasteiger partial charge is 0.481 e. The Morgan fingerprint density at radius 3 is 2.55 bits per heavy atom. The molecule has 4 heteroatoms. The van der Waals surface area contributed by atoms with E-state index in [0.717, 1.165) is 17.1 Å². The molecule has 0 heterocycles. The number of thioether (sulfide) groups is 1. The zero-order valence-corrected chi connectivity index (χ0v) is 13.7. The maximum Gasteiger partial charge on any atom is 0.260 e. The molecule has 0 saturated heterocycles. The van der Waals surface area contributed by atoms with Gasteiger partial charge in [-0.05, 0) is 37.6 Å². The molecule has 0 aliphatic rings. The van der Waals surface area contributed by atoms with Gasteiger partial charge in [0.2, 0.25) is 0 Å². The van der Waals surface area contributed by atoms with Crippen LogP contribution in [-0.2, 0) is 4.79 Å². The van der Waals surface area contributed by atoms with E-state index in [1.165, 1.54) is 4.90 Å². The molecule has 1 amide bonds. The molecule has 2 aromatic carbocycles. The van der Waals surface area contributed by atoms with Crippen LogP contribution in [0.2, 0.25) is 0 Å². The average molecular weight is 315 g/mol. The molecular formula is C18H21NO2S. The van der Waals surface area contributed by atoms with E-state index < -0.39 is 6.10 Å². The Labute approximate surface area is 136 Å². The van der Waals surface area contributed by atoms with Crippen molar-refractivity contribution in [2.45, 2.75) is 24.8 Å². The van der Waals surface area contributed by atoms with Gasteiger partial charge in [0, 0.05) is 17.2 Å². The number of aryl methyl sites for hydroxylation is 1. The minimum Gasteiger partial charge on any atom is -0.481 e. The molecular weight excluding hydrogens is 294 g/mol. The van der Waals surface area contributed by atoms with Crippen molar-refractivity contribution in [3.63, 3.8) is 0 Å². The second kappa shape index (κ2) is 8.49. The normalized spacial score (nSPS) is 11.7. The summed E-state index contributed by atoms with van der Waals surface area (Å²) in [6.07, 6.45) is -0.497. The number of para-hydroxylation sites is 1. The molecule has 0 aliphatic carbocycles. The molecule has 116 valence electrons. The summed E-state index contributed by atoms with van der Waals surface area (Å²) in [7, 11) is 0. The summed E-state index contributed by atoms with van der Waals surface area (Å²) in [5.41, 5.74) is 1.03. The van der Waals surface area contributed by atoms with Crippen LogP contribution in [0.15, 0.2) is 59.5 Å². The van der Waals surface area contributed by atoms with Gasteiger partial charge in [0.1, 0.15) is 5.75 Å². The first kappa shape index (κ1) is 16.4. The van der Waals surface area contributed by atoms with Crippen LogP contribution >= 0.6 is 11.8 Å². The Bertz CT molecular complexity index is 601. The number of hydrogen-bond donors (Lipinski definition) is 1. The maximum absolute atomic E-state index is 12.0. The molecule has 0 radical (unpaired) electrons. The van der Waals surface area contributed by atoms with Gasteiger partial charge in [-0.15, -0.1) is 11.8 Å². The van der Waals surface area contributed by atoms with Crippen LogP contribution in [0.25, 0.3) is 0 Å². The van der Waals surface area contributed by atoms with Gasteiger partial charge in [0.15, 0.2) is 6.10 Å². The second-order valence-corrected chi connectivity index (χ2v) is 6.15. The third-order valence-corrected chi connectivity index (χ3v) is 4.19. The summed E-state index contributed by atoms with van der Waals surface area (Å²) in [5.74, 6) is 1.51. The first-order chi connectivity index (χ1) is 10.7. The Morgan fingerprint density at radius 1 is 1.14 bits per heavy atom. The summed E-state index contributed by atoms with van der Waals surface area (Å²) in [5, 5.41) is 2.91. The highest BCUT2D eigenvalue weighted by molar-refractivity contribution is 7.99. The summed E-state index contributed by atoms with van der Waals surface area (Å²) in [4.78, 5) is 13.2. The highest BCUT2D eigenvalue weighted by atomic mass is 32.2. The molecule has 0 aliphatic heterocycles. The lowest BCUT2D eigenvalue weighted by Crippen LogP contribution is -2.37. The van der Waals surface area contributed by atoms with Gasteiger partial charge in [-0.3, -0.25) is 4.79 Å². The standard InChI is InChI=1S/C18H21NO2S/c1-14-8-6-7-11-17(14)21-15(2)18(20)19-12-13-22-16-9-4-3-5-10-16/h3-11,15H,12-13H2,1-2H3,(H,19,20)/t15-/m0/s1. The lowest BCUT2D eigenvalue weighted by molar-refractivity contribution is -0.127. The number of carbonyl (C=O) groups excluding carboxylic acids is 1. The van der Waals surface area contributed by atoms with Crippen LogP contribution in [0.4, 0.5) is 0 Å². The second-order valence-electron chi connectivity index (χ2n) is 4.98. The fourth-order valence-corrected chi connectivity index (χ4v) is 2.73. The number of ether oxygens (including phenoxy) is 1. The molecule has 22 heavy (non-hydrogen) atoms. The maximum atomic E-state index is 12.0. The molecule has 3 nitrogen and oxygen atoms in total. The molecule has 1 atom stereocenters. The first-order valence-corrected chi connectivity index (χ1v) is 8.33. The molecule has 0 fully saturated rings. The molecule has 1 N–H and O–H groups in total. The Morgan fingerprint density at radius 2 is 1.82 bits per heavy atom. The number of benzene rings is 2. The lowest BCUT2D eigenvalue weighted by atomic mass is 10.2. The Hall–Kier alpha value is -1.94. The fourth-order valence-electron chi connectivity index (χ4n) is 1.94. The topological polar surface area (TPSA) is 38.3 Å². The summed E-state index contributed by atoms with van der Waals surface area (Å²) in [6.45, 7) is 4.36. The van der Waals surface area contributed by atoms with Gasteiger partial charge in [0.05, 0.1) is 0 Å². The number of carbonyl (C=O) groups is 1. The quantitative estimate of drug-likeness (QED) is 0.626. The van der Waals surface area contributed by atoms with Crippen molar-refractivity contribution in [1.29, 1.82) is 0 Å². The van der Waals surface area contributed by atoms with Crippen molar-refractivity contribution >= 4 is 17.7 Å². The third kappa shape index (κ3) is 5.11. The van der Waals surface area contributed by atoms with Gasteiger partial charge in [-0.1, -0.05) is 36.4 Å². The van der Waals surface area contributed by atoms with E-state index in [9.17, 15) is 4.79 Å². The van der Waals surface area contributed by atoms with Crippen LogP contribution in [0.5, 0.6) is 5.75 Å². The van der Waals surface area contributed by atoms with Crippen molar-refractivity contribution in [3.8, 4) is 5.75 Å². The molecule has 0 spiro atoms. The molecule has 0 bridgehead atoms. The molecule has 0 saturated carbocycles. The van der Waals surface area contributed by atoms with E-state index in [4.69, 9.17) is 4.74 Å². The van der Waals surface area contributed by atoms with Crippen LogP contribution in [0.1, 0.15) is 12.5 Å². The molecule has 2 rings (SSSR count). The highest BCUT2D eigenvalue weighted by Gasteiger charge is 2.14. The van der Waals surface area contributed by atoms with Gasteiger partial charge in [-0.2, -0.15) is 0 Å². The van der Waals surface area contributed by atoms with Crippen molar-refractivity contribution in [3.05, 3.63) is 60.2 Å². The number of nitrogens with one attached hydrogen (secondary N) is 1. The van der Waals surface area contributed by atoms with E-state index in [1.807, 2.05) is 49.4 Å². The number of rotatable bonds is 7. The predicted octanol–water partition coefficient (Wildman–Crippen LogP) is 3.67. The van der Waals surface area contributed by atoms with E-state index in [-0.39, 0.29) is 5.91 Å². The highest BCUT2D eigenvalue weighted by Crippen LogP contribution is 2.18. The van der Waals surface area contributed by atoms with E-state index in [0.29, 0.717) is 6.54 Å². The SMILES string of the molecule is Cc1ccccc1O[C@@H](C)C(=O)NCCSc1ccccc1. The van der Waals surface area contributed by atoms with Crippen LogP contribution < -0.4 is 10.1 Å². The first-order valence-electron chi connectivity index (χ1n) is 7.34. The summed E-state index contributed by atoms with van der Waals surface area (Å²) >= 11 is 1.73. The van der Waals surface area contributed by atoms with Gasteiger partial charge >= 0.3 is 0 Å². The van der Waals surface area contributed by atoms with E-state index in [1.54, 1.807) is 18.7 Å². The van der Waals surface area contributed by atoms with E-state index in [2.05, 4.69) is 17.4 Å². The minimum absolute atomic E-state index is 0.0862. The zero-order chi connectivity index (χ0) is 15.8. The summed E-state index contributed by atoms with van der Waals surface area (Å²) < 4.78 is 5.70. The van der Waals surface area contributed by atoms with Crippen LogP contribution in [0.3, 0.4) is 0 Å².